The van der Waals surface area contributed by atoms with Crippen molar-refractivity contribution < 1.29 is 0 Å². The Hall–Kier alpha value is -5.61. The Bertz CT molecular complexity index is 3040. The molecule has 0 unspecified atom stereocenters. The van der Waals surface area contributed by atoms with Gasteiger partial charge in [-0.3, -0.25) is 8.97 Å². The van der Waals surface area contributed by atoms with Gasteiger partial charge in [-0.05, 0) is 102 Å². The molecule has 1 aliphatic heterocycles. The van der Waals surface area contributed by atoms with Crippen molar-refractivity contribution in [2.24, 2.45) is 0 Å². The molecule has 0 radical (unpaired) electrons. The van der Waals surface area contributed by atoms with E-state index in [1.807, 2.05) is 0 Å². The molecule has 0 saturated carbocycles. The fourth-order valence-corrected chi connectivity index (χ4v) is 9.51. The highest BCUT2D eigenvalue weighted by atomic mass is 15.2. The first-order chi connectivity index (χ1) is 23.4. The Labute approximate surface area is 278 Å². The minimum absolute atomic E-state index is 0.0490. The van der Waals surface area contributed by atoms with Gasteiger partial charge in [-0.15, -0.1) is 0 Å². The van der Waals surface area contributed by atoms with Gasteiger partial charge in [-0.2, -0.15) is 0 Å². The zero-order valence-corrected chi connectivity index (χ0v) is 27.7. The molecule has 3 nitrogen and oxygen atoms in total. The Morgan fingerprint density at radius 3 is 1.96 bits per heavy atom. The van der Waals surface area contributed by atoms with E-state index < -0.39 is 0 Å². The average Bonchev–Trinajstić information content (AvgIpc) is 3.67. The van der Waals surface area contributed by atoms with Crippen molar-refractivity contribution in [1.29, 1.82) is 0 Å². The molecule has 0 saturated heterocycles. The quantitative estimate of drug-likeness (QED) is 0.134. The monoisotopic (exact) mass is 613 g/mol. The van der Waals surface area contributed by atoms with Crippen molar-refractivity contribution in [3.05, 3.63) is 131 Å². The Morgan fingerprint density at radius 1 is 0.542 bits per heavy atom. The molecule has 0 spiro atoms. The Kier molecular flexibility index (Phi) is 4.88. The Morgan fingerprint density at radius 2 is 1.19 bits per heavy atom. The van der Waals surface area contributed by atoms with Gasteiger partial charge in [-0.25, -0.2) is 4.98 Å². The summed E-state index contributed by atoms with van der Waals surface area (Å²) in [6.45, 7) is 11.3. The fourth-order valence-electron chi connectivity index (χ4n) is 9.51. The molecule has 0 aliphatic carbocycles. The minimum atomic E-state index is 0.0490. The van der Waals surface area contributed by atoms with E-state index in [-0.39, 0.29) is 6.71 Å². The highest BCUT2D eigenvalue weighted by molar-refractivity contribution is 7.00. The molecule has 0 atom stereocenters. The number of hydrogen-bond acceptors (Lipinski definition) is 1. The number of nitrogens with zero attached hydrogens (tertiary/aromatic N) is 3. The first-order valence-corrected chi connectivity index (χ1v) is 17.0. The first-order valence-electron chi connectivity index (χ1n) is 17.0. The van der Waals surface area contributed by atoms with Crippen LogP contribution in [0, 0.1) is 34.6 Å². The van der Waals surface area contributed by atoms with Crippen LogP contribution in [-0.4, -0.2) is 20.7 Å². The molecule has 3 heterocycles. The highest BCUT2D eigenvalue weighted by Crippen LogP contribution is 2.42. The summed E-state index contributed by atoms with van der Waals surface area (Å²) in [5, 5.41) is 10.4. The zero-order chi connectivity index (χ0) is 32.2. The van der Waals surface area contributed by atoms with Crippen LogP contribution in [0.5, 0.6) is 0 Å². The number of aromatic nitrogens is 3. The van der Waals surface area contributed by atoms with E-state index in [9.17, 15) is 0 Å². The van der Waals surface area contributed by atoms with Crippen LogP contribution in [0.1, 0.15) is 27.8 Å². The molecule has 8 aromatic carbocycles. The summed E-state index contributed by atoms with van der Waals surface area (Å²) in [6, 6.07) is 39.2. The molecule has 2 aromatic heterocycles. The van der Waals surface area contributed by atoms with Gasteiger partial charge in [0, 0.05) is 16.2 Å². The van der Waals surface area contributed by atoms with E-state index in [1.54, 1.807) is 0 Å². The zero-order valence-electron chi connectivity index (χ0n) is 27.7. The summed E-state index contributed by atoms with van der Waals surface area (Å²) >= 11 is 0. The molecule has 0 amide bonds. The molecular formula is C44H32BN3. The van der Waals surface area contributed by atoms with Crippen LogP contribution in [0.4, 0.5) is 0 Å². The summed E-state index contributed by atoms with van der Waals surface area (Å²) in [5.41, 5.74) is 16.6. The highest BCUT2D eigenvalue weighted by Gasteiger charge is 2.39. The lowest BCUT2D eigenvalue weighted by Crippen LogP contribution is -2.58. The smallest absolute Gasteiger partial charge is 0.248 e. The molecule has 0 N–H and O–H groups in total. The number of hydrogen-bond donors (Lipinski definition) is 0. The topological polar surface area (TPSA) is 22.2 Å². The lowest BCUT2D eigenvalue weighted by atomic mass is 9.33. The molecule has 1 aliphatic rings. The lowest BCUT2D eigenvalue weighted by molar-refractivity contribution is 1.08. The van der Waals surface area contributed by atoms with Crippen LogP contribution in [0.3, 0.4) is 0 Å². The van der Waals surface area contributed by atoms with Gasteiger partial charge in [0.25, 0.3) is 0 Å². The third-order valence-corrected chi connectivity index (χ3v) is 11.5. The van der Waals surface area contributed by atoms with E-state index in [0.29, 0.717) is 0 Å². The van der Waals surface area contributed by atoms with Crippen LogP contribution in [0.2, 0.25) is 0 Å². The van der Waals surface area contributed by atoms with E-state index in [0.717, 1.165) is 16.8 Å². The molecule has 10 aromatic rings. The van der Waals surface area contributed by atoms with Gasteiger partial charge in [0.05, 0.1) is 27.8 Å². The van der Waals surface area contributed by atoms with Crippen LogP contribution in [-0.2, 0) is 0 Å². The number of benzene rings is 7. The normalized spacial score (nSPS) is 13.1. The molecule has 4 heteroatoms. The maximum Gasteiger partial charge on any atom is 0.248 e. The van der Waals surface area contributed by atoms with E-state index in [4.69, 9.17) is 4.98 Å². The van der Waals surface area contributed by atoms with Crippen LogP contribution >= 0.6 is 0 Å². The van der Waals surface area contributed by atoms with Gasteiger partial charge in [0.1, 0.15) is 0 Å². The van der Waals surface area contributed by atoms with E-state index in [1.165, 1.54) is 104 Å². The lowest BCUT2D eigenvalue weighted by Gasteiger charge is -2.34. The number of imidazole rings is 1. The van der Waals surface area contributed by atoms with Crippen LogP contribution in [0.25, 0.3) is 76.6 Å². The minimum Gasteiger partial charge on any atom is -0.280 e. The predicted molar refractivity (Wildman–Crippen MR) is 206 cm³/mol. The van der Waals surface area contributed by atoms with Crippen molar-refractivity contribution in [2.45, 2.75) is 34.6 Å². The summed E-state index contributed by atoms with van der Waals surface area (Å²) in [6.07, 6.45) is 0. The maximum atomic E-state index is 5.53. The summed E-state index contributed by atoms with van der Waals surface area (Å²) in [4.78, 5) is 5.53. The van der Waals surface area contributed by atoms with Crippen molar-refractivity contribution in [1.82, 2.24) is 14.0 Å². The molecule has 11 rings (SSSR count). The number of rotatable bonds is 1. The summed E-state index contributed by atoms with van der Waals surface area (Å²) < 4.78 is 4.99. The SMILES string of the molecule is Cc1cc(C)c(B2c3c(c4ccccc4c4ccccc34)-n3c4c2cc2ccc5ccc(c4c52)n2c4cc(C)c(C)cc4nc32)c(C)c1. The average molecular weight is 614 g/mol. The number of fused-ring (bicyclic) bond motifs is 12. The summed E-state index contributed by atoms with van der Waals surface area (Å²) in [7, 11) is 0. The predicted octanol–water partition coefficient (Wildman–Crippen LogP) is 8.85. The van der Waals surface area contributed by atoms with E-state index >= 15 is 0 Å². The van der Waals surface area contributed by atoms with Crippen LogP contribution in [0.15, 0.2) is 103 Å². The first kappa shape index (κ1) is 26.5. The molecular weight excluding hydrogens is 581 g/mol. The second-order valence-corrected chi connectivity index (χ2v) is 14.3. The summed E-state index contributed by atoms with van der Waals surface area (Å²) in [5.74, 6) is 0.968. The van der Waals surface area contributed by atoms with Crippen molar-refractivity contribution in [3.8, 4) is 5.69 Å². The third kappa shape index (κ3) is 3.09. The van der Waals surface area contributed by atoms with Gasteiger partial charge in [0.15, 0.2) is 0 Å². The molecule has 0 fully saturated rings. The van der Waals surface area contributed by atoms with E-state index in [2.05, 4.69) is 147 Å². The van der Waals surface area contributed by atoms with Gasteiger partial charge < -0.3 is 0 Å². The van der Waals surface area contributed by atoms with Gasteiger partial charge in [0.2, 0.25) is 12.5 Å². The van der Waals surface area contributed by atoms with Crippen molar-refractivity contribution >= 4 is 94.0 Å². The molecule has 0 bridgehead atoms. The standard InChI is InChI=1S/C44H32BN3/c1-23-18-26(4)40(27(5)19-23)45-34-22-29-15-14-28-16-17-36-39(38(28)29)43(34)48(44-46-35-20-24(2)25(3)21-37(35)47(36)44)42-33-13-9-7-11-31(33)30-10-6-8-12-32(30)41(42)45/h6-22H,1-5H3. The van der Waals surface area contributed by atoms with Crippen molar-refractivity contribution in [2.75, 3.05) is 0 Å². The third-order valence-electron chi connectivity index (χ3n) is 11.5. The van der Waals surface area contributed by atoms with Crippen LogP contribution < -0.4 is 16.4 Å². The molecule has 48 heavy (non-hydrogen) atoms. The van der Waals surface area contributed by atoms with Gasteiger partial charge in [-0.1, -0.05) is 107 Å². The number of aryl methyl sites for hydroxylation is 5. The van der Waals surface area contributed by atoms with Gasteiger partial charge >= 0.3 is 0 Å². The second kappa shape index (κ2) is 8.84. The fraction of sp³-hybridized carbons (Fsp3) is 0.114. The second-order valence-electron chi connectivity index (χ2n) is 14.3. The largest absolute Gasteiger partial charge is 0.280 e. The Balaban J connectivity index is 1.51. The molecule has 226 valence electrons. The maximum absolute atomic E-state index is 5.53. The van der Waals surface area contributed by atoms with Crippen molar-refractivity contribution in [3.63, 3.8) is 0 Å².